The van der Waals surface area contributed by atoms with Crippen LogP contribution in [0.15, 0.2) is 35.7 Å². The van der Waals surface area contributed by atoms with Crippen molar-refractivity contribution in [3.8, 4) is 0 Å². The minimum absolute atomic E-state index is 0.0635. The molecule has 0 spiro atoms. The lowest BCUT2D eigenvalue weighted by Crippen LogP contribution is -2.25. The summed E-state index contributed by atoms with van der Waals surface area (Å²) in [7, 11) is 1.85. The molecule has 2 aromatic rings. The smallest absolute Gasteiger partial charge is 0.253 e. The van der Waals surface area contributed by atoms with Crippen LogP contribution in [0.1, 0.15) is 34.1 Å². The molecule has 0 bridgehead atoms. The fourth-order valence-electron chi connectivity index (χ4n) is 2.18. The quantitative estimate of drug-likeness (QED) is 0.869. The van der Waals surface area contributed by atoms with Crippen molar-refractivity contribution in [2.45, 2.75) is 26.8 Å². The van der Waals surface area contributed by atoms with Crippen LogP contribution in [0, 0.1) is 6.92 Å². The van der Waals surface area contributed by atoms with Crippen LogP contribution in [0.3, 0.4) is 0 Å². The van der Waals surface area contributed by atoms with Crippen LogP contribution in [-0.2, 0) is 6.54 Å². The Morgan fingerprint density at radius 2 is 2.14 bits per heavy atom. The molecule has 1 aromatic heterocycles. The standard InChI is InChI=1S/C17H22N2OS/c1-4-9-18-16-8-7-14(11-13(16)2)17(20)19(3)12-15-6-5-10-21-15/h5-8,10-11,18H,4,9,12H2,1-3H3. The van der Waals surface area contributed by atoms with Crippen molar-refractivity contribution in [2.75, 3.05) is 18.9 Å². The van der Waals surface area contributed by atoms with Crippen LogP contribution >= 0.6 is 11.3 Å². The molecule has 0 aliphatic heterocycles. The van der Waals surface area contributed by atoms with Gasteiger partial charge in [0.1, 0.15) is 0 Å². The van der Waals surface area contributed by atoms with E-state index in [-0.39, 0.29) is 5.91 Å². The third kappa shape index (κ3) is 4.08. The summed E-state index contributed by atoms with van der Waals surface area (Å²) in [6, 6.07) is 9.93. The fourth-order valence-corrected chi connectivity index (χ4v) is 2.94. The first kappa shape index (κ1) is 15.6. The zero-order valence-electron chi connectivity index (χ0n) is 12.8. The highest BCUT2D eigenvalue weighted by Crippen LogP contribution is 2.19. The van der Waals surface area contributed by atoms with Crippen molar-refractivity contribution in [2.24, 2.45) is 0 Å². The molecule has 0 saturated carbocycles. The number of anilines is 1. The topological polar surface area (TPSA) is 32.3 Å². The maximum Gasteiger partial charge on any atom is 0.253 e. The van der Waals surface area contributed by atoms with Crippen molar-refractivity contribution in [3.63, 3.8) is 0 Å². The van der Waals surface area contributed by atoms with Crippen LogP contribution in [0.4, 0.5) is 5.69 Å². The minimum atomic E-state index is 0.0635. The summed E-state index contributed by atoms with van der Waals surface area (Å²) < 4.78 is 0. The molecule has 112 valence electrons. The van der Waals surface area contributed by atoms with Crippen molar-refractivity contribution >= 4 is 22.9 Å². The average molecular weight is 302 g/mol. The van der Waals surface area contributed by atoms with Crippen molar-refractivity contribution < 1.29 is 4.79 Å². The van der Waals surface area contributed by atoms with Gasteiger partial charge in [-0.15, -0.1) is 11.3 Å². The number of aryl methyl sites for hydroxylation is 1. The van der Waals surface area contributed by atoms with Crippen molar-refractivity contribution in [1.82, 2.24) is 4.90 Å². The van der Waals surface area contributed by atoms with Gasteiger partial charge in [-0.2, -0.15) is 0 Å². The predicted molar refractivity (Wildman–Crippen MR) is 90.1 cm³/mol. The molecule has 0 saturated heterocycles. The summed E-state index contributed by atoms with van der Waals surface area (Å²) in [6.07, 6.45) is 1.09. The zero-order valence-corrected chi connectivity index (χ0v) is 13.7. The molecule has 0 fully saturated rings. The van der Waals surface area contributed by atoms with Gasteiger partial charge in [0.25, 0.3) is 5.91 Å². The third-order valence-electron chi connectivity index (χ3n) is 3.36. The Balaban J connectivity index is 2.06. The summed E-state index contributed by atoms with van der Waals surface area (Å²) >= 11 is 1.67. The number of nitrogens with one attached hydrogen (secondary N) is 1. The van der Waals surface area contributed by atoms with E-state index >= 15 is 0 Å². The summed E-state index contributed by atoms with van der Waals surface area (Å²) in [5.41, 5.74) is 2.96. The van der Waals surface area contributed by atoms with Gasteiger partial charge in [-0.1, -0.05) is 13.0 Å². The van der Waals surface area contributed by atoms with E-state index in [0.717, 1.165) is 29.8 Å². The Morgan fingerprint density at radius 1 is 1.33 bits per heavy atom. The highest BCUT2D eigenvalue weighted by molar-refractivity contribution is 7.09. The van der Waals surface area contributed by atoms with Gasteiger partial charge in [-0.25, -0.2) is 0 Å². The molecular formula is C17H22N2OS. The van der Waals surface area contributed by atoms with Crippen molar-refractivity contribution in [1.29, 1.82) is 0 Å². The van der Waals surface area contributed by atoms with Crippen LogP contribution in [0.25, 0.3) is 0 Å². The molecule has 2 rings (SSSR count). The van der Waals surface area contributed by atoms with Gasteiger partial charge >= 0.3 is 0 Å². The molecular weight excluding hydrogens is 280 g/mol. The van der Waals surface area contributed by atoms with E-state index < -0.39 is 0 Å². The number of hydrogen-bond donors (Lipinski definition) is 1. The molecule has 1 heterocycles. The summed E-state index contributed by atoms with van der Waals surface area (Å²) in [6.45, 7) is 5.78. The Morgan fingerprint density at radius 3 is 2.76 bits per heavy atom. The van der Waals surface area contributed by atoms with E-state index in [4.69, 9.17) is 0 Å². The van der Waals surface area contributed by atoms with E-state index in [1.807, 2.05) is 43.6 Å². The van der Waals surface area contributed by atoms with E-state index in [1.54, 1.807) is 16.2 Å². The normalized spacial score (nSPS) is 10.4. The van der Waals surface area contributed by atoms with Gasteiger partial charge in [-0.3, -0.25) is 4.79 Å². The molecule has 0 atom stereocenters. The number of nitrogens with zero attached hydrogens (tertiary/aromatic N) is 1. The van der Waals surface area contributed by atoms with Gasteiger partial charge < -0.3 is 10.2 Å². The molecule has 3 nitrogen and oxygen atoms in total. The highest BCUT2D eigenvalue weighted by Gasteiger charge is 2.13. The Hall–Kier alpha value is -1.81. The number of thiophene rings is 1. The largest absolute Gasteiger partial charge is 0.385 e. The lowest BCUT2D eigenvalue weighted by Gasteiger charge is -2.17. The number of carbonyl (C=O) groups is 1. The molecule has 4 heteroatoms. The SMILES string of the molecule is CCCNc1ccc(C(=O)N(C)Cc2cccs2)cc1C. The second-order valence-electron chi connectivity index (χ2n) is 5.20. The second kappa shape index (κ2) is 7.27. The Kier molecular flexibility index (Phi) is 5.39. The van der Waals surface area contributed by atoms with Gasteiger partial charge in [0, 0.05) is 29.7 Å². The van der Waals surface area contributed by atoms with E-state index in [2.05, 4.69) is 18.3 Å². The Labute approximate surface area is 130 Å². The molecule has 1 N–H and O–H groups in total. The van der Waals surface area contributed by atoms with Gasteiger partial charge in [-0.05, 0) is 48.6 Å². The lowest BCUT2D eigenvalue weighted by molar-refractivity contribution is 0.0786. The molecule has 0 aliphatic rings. The van der Waals surface area contributed by atoms with Crippen molar-refractivity contribution in [3.05, 3.63) is 51.7 Å². The molecule has 0 aliphatic carbocycles. The molecule has 0 unspecified atom stereocenters. The molecule has 0 radical (unpaired) electrons. The second-order valence-corrected chi connectivity index (χ2v) is 6.23. The average Bonchev–Trinajstić information content (AvgIpc) is 2.98. The number of benzene rings is 1. The number of rotatable bonds is 6. The maximum atomic E-state index is 12.5. The monoisotopic (exact) mass is 302 g/mol. The van der Waals surface area contributed by atoms with Crippen LogP contribution in [-0.4, -0.2) is 24.4 Å². The minimum Gasteiger partial charge on any atom is -0.385 e. The first-order valence-electron chi connectivity index (χ1n) is 7.24. The third-order valence-corrected chi connectivity index (χ3v) is 4.22. The Bertz CT molecular complexity index is 593. The van der Waals surface area contributed by atoms with Gasteiger partial charge in [0.05, 0.1) is 6.54 Å². The lowest BCUT2D eigenvalue weighted by atomic mass is 10.1. The highest BCUT2D eigenvalue weighted by atomic mass is 32.1. The first-order valence-corrected chi connectivity index (χ1v) is 8.12. The fraction of sp³-hybridized carbons (Fsp3) is 0.353. The van der Waals surface area contributed by atoms with Gasteiger partial charge in [0.15, 0.2) is 0 Å². The number of hydrogen-bond acceptors (Lipinski definition) is 3. The first-order chi connectivity index (χ1) is 10.1. The molecule has 1 aromatic carbocycles. The maximum absolute atomic E-state index is 12.5. The summed E-state index contributed by atoms with van der Waals surface area (Å²) in [5.74, 6) is 0.0635. The van der Waals surface area contributed by atoms with Gasteiger partial charge in [0.2, 0.25) is 0 Å². The number of amides is 1. The molecule has 21 heavy (non-hydrogen) atoms. The van der Waals surface area contributed by atoms with Crippen LogP contribution in [0.2, 0.25) is 0 Å². The summed E-state index contributed by atoms with van der Waals surface area (Å²) in [4.78, 5) is 15.4. The zero-order chi connectivity index (χ0) is 15.2. The van der Waals surface area contributed by atoms with E-state index in [9.17, 15) is 4.79 Å². The van der Waals surface area contributed by atoms with E-state index in [1.165, 1.54) is 4.88 Å². The van der Waals surface area contributed by atoms with E-state index in [0.29, 0.717) is 6.54 Å². The van der Waals surface area contributed by atoms with Crippen LogP contribution in [0.5, 0.6) is 0 Å². The summed E-state index contributed by atoms with van der Waals surface area (Å²) in [5, 5.41) is 5.40. The molecule has 1 amide bonds. The predicted octanol–water partition coefficient (Wildman–Crippen LogP) is 4.15. The van der Waals surface area contributed by atoms with Crippen LogP contribution < -0.4 is 5.32 Å². The number of carbonyl (C=O) groups excluding carboxylic acids is 1.